The summed E-state index contributed by atoms with van der Waals surface area (Å²) in [4.78, 5) is 1.36. The van der Waals surface area contributed by atoms with Gasteiger partial charge in [-0.2, -0.15) is 0 Å². The quantitative estimate of drug-likeness (QED) is 0.528. The summed E-state index contributed by atoms with van der Waals surface area (Å²) in [6.45, 7) is 0.982. The van der Waals surface area contributed by atoms with Gasteiger partial charge < -0.3 is 0 Å². The Morgan fingerprint density at radius 3 is 1.88 bits per heavy atom. The third-order valence-corrected chi connectivity index (χ3v) is 3.71. The lowest BCUT2D eigenvalue weighted by Gasteiger charge is -2.08. The molecule has 0 saturated carbocycles. The number of allylic oxidation sites excluding steroid dienone is 1. The summed E-state index contributed by atoms with van der Waals surface area (Å²) in [6.07, 6.45) is -0.267. The van der Waals surface area contributed by atoms with Gasteiger partial charge in [-0.1, -0.05) is 31.9 Å². The maximum atomic E-state index is 13.4. The van der Waals surface area contributed by atoms with Crippen molar-refractivity contribution < 1.29 is 17.6 Å². The zero-order valence-electron chi connectivity index (χ0n) is 8.05. The van der Waals surface area contributed by atoms with Crippen molar-refractivity contribution >= 4 is 31.9 Å². The predicted octanol–water partition coefficient (Wildman–Crippen LogP) is 4.73. The van der Waals surface area contributed by atoms with E-state index in [0.29, 0.717) is 4.48 Å². The lowest BCUT2D eigenvalue weighted by molar-refractivity contribution is 0.434. The highest BCUT2D eigenvalue weighted by Gasteiger charge is 2.22. The Morgan fingerprint density at radius 1 is 1.06 bits per heavy atom. The molecular formula is C10H6Br2F4. The van der Waals surface area contributed by atoms with Gasteiger partial charge in [0.1, 0.15) is 0 Å². The van der Waals surface area contributed by atoms with Crippen molar-refractivity contribution in [2.75, 3.05) is 0 Å². The van der Waals surface area contributed by atoms with E-state index in [1.54, 1.807) is 0 Å². The molecule has 1 aromatic carbocycles. The maximum absolute atomic E-state index is 13.4. The van der Waals surface area contributed by atoms with E-state index in [9.17, 15) is 17.6 Å². The van der Waals surface area contributed by atoms with Crippen molar-refractivity contribution in [1.82, 2.24) is 0 Å². The largest absolute Gasteiger partial charge is 0.203 e. The van der Waals surface area contributed by atoms with Crippen LogP contribution >= 0.6 is 31.9 Å². The monoisotopic (exact) mass is 360 g/mol. The molecule has 0 aliphatic carbocycles. The molecule has 0 unspecified atom stereocenters. The summed E-state index contributed by atoms with van der Waals surface area (Å²) < 4.78 is 53.4. The van der Waals surface area contributed by atoms with Crippen molar-refractivity contribution in [1.29, 1.82) is 0 Å². The van der Waals surface area contributed by atoms with Gasteiger partial charge in [-0.25, -0.2) is 17.6 Å². The van der Waals surface area contributed by atoms with E-state index >= 15 is 0 Å². The van der Waals surface area contributed by atoms with Crippen molar-refractivity contribution in [3.05, 3.63) is 43.9 Å². The standard InChI is InChI=1S/C10H6Br2F4/c1-4-7(13)9(15)6(2-5(12)3-11)10(16)8(4)14/h3H,2H2,1H3/b5-3+. The Morgan fingerprint density at radius 2 is 1.50 bits per heavy atom. The van der Waals surface area contributed by atoms with Crippen molar-refractivity contribution in [3.63, 3.8) is 0 Å². The molecule has 88 valence electrons. The Hall–Kier alpha value is -0.360. The van der Waals surface area contributed by atoms with E-state index in [2.05, 4.69) is 31.9 Å². The highest BCUT2D eigenvalue weighted by molar-refractivity contribution is 9.14. The average molecular weight is 362 g/mol. The molecule has 0 amide bonds. The Bertz CT molecular complexity index is 426. The second-order valence-corrected chi connectivity index (χ2v) is 4.57. The molecule has 0 saturated heterocycles. The molecule has 0 spiro atoms. The Labute approximate surface area is 107 Å². The normalized spacial score (nSPS) is 12.1. The number of hydrogen-bond donors (Lipinski definition) is 0. The van der Waals surface area contributed by atoms with Crippen LogP contribution in [0.4, 0.5) is 17.6 Å². The molecule has 0 N–H and O–H groups in total. The minimum atomic E-state index is -1.36. The van der Waals surface area contributed by atoms with Gasteiger partial charge in [-0.05, 0) is 11.9 Å². The molecule has 0 aliphatic heterocycles. The van der Waals surface area contributed by atoms with Crippen LogP contribution in [0, 0.1) is 30.2 Å². The van der Waals surface area contributed by atoms with Gasteiger partial charge in [0, 0.05) is 22.0 Å². The van der Waals surface area contributed by atoms with Crippen LogP contribution in [-0.4, -0.2) is 0 Å². The first kappa shape index (κ1) is 13.7. The molecule has 0 aromatic heterocycles. The summed E-state index contributed by atoms with van der Waals surface area (Å²) in [6, 6.07) is 0. The first-order valence-electron chi connectivity index (χ1n) is 4.16. The second-order valence-electron chi connectivity index (χ2n) is 3.09. The van der Waals surface area contributed by atoms with E-state index in [4.69, 9.17) is 0 Å². The molecule has 0 nitrogen and oxygen atoms in total. The Balaban J connectivity index is 3.40. The summed E-state index contributed by atoms with van der Waals surface area (Å²) in [5, 5.41) is 0. The SMILES string of the molecule is Cc1c(F)c(F)c(C/C(Br)=C\Br)c(F)c1F. The summed E-state index contributed by atoms with van der Waals surface area (Å²) in [5.41, 5.74) is -1.29. The first-order chi connectivity index (χ1) is 7.40. The fourth-order valence-corrected chi connectivity index (χ4v) is 1.59. The van der Waals surface area contributed by atoms with Crippen LogP contribution in [0.25, 0.3) is 0 Å². The van der Waals surface area contributed by atoms with Gasteiger partial charge in [0.2, 0.25) is 0 Å². The number of benzene rings is 1. The molecule has 0 radical (unpaired) electrons. The molecule has 0 aliphatic rings. The average Bonchev–Trinajstić information content (AvgIpc) is 2.29. The highest BCUT2D eigenvalue weighted by atomic mass is 79.9. The van der Waals surface area contributed by atoms with E-state index in [1.807, 2.05) is 0 Å². The first-order valence-corrected chi connectivity index (χ1v) is 5.87. The summed E-state index contributed by atoms with van der Waals surface area (Å²) in [7, 11) is 0. The molecule has 1 aromatic rings. The molecule has 0 fully saturated rings. The lowest BCUT2D eigenvalue weighted by Crippen LogP contribution is -2.06. The van der Waals surface area contributed by atoms with Gasteiger partial charge in [-0.3, -0.25) is 0 Å². The fraction of sp³-hybridized carbons (Fsp3) is 0.200. The summed E-state index contributed by atoms with van der Waals surface area (Å²) >= 11 is 5.92. The van der Waals surface area contributed by atoms with E-state index in [-0.39, 0.29) is 6.42 Å². The number of halogens is 6. The smallest absolute Gasteiger partial charge is 0.165 e. The number of hydrogen-bond acceptors (Lipinski definition) is 0. The maximum Gasteiger partial charge on any atom is 0.165 e. The van der Waals surface area contributed by atoms with Crippen LogP contribution in [0.2, 0.25) is 0 Å². The van der Waals surface area contributed by atoms with Crippen LogP contribution in [-0.2, 0) is 6.42 Å². The molecule has 1 rings (SSSR count). The van der Waals surface area contributed by atoms with Crippen molar-refractivity contribution in [2.24, 2.45) is 0 Å². The molecule has 6 heteroatoms. The van der Waals surface area contributed by atoms with Crippen LogP contribution in [0.3, 0.4) is 0 Å². The van der Waals surface area contributed by atoms with Crippen LogP contribution in [0.15, 0.2) is 9.47 Å². The van der Waals surface area contributed by atoms with Gasteiger partial charge in [0.25, 0.3) is 0 Å². The Kier molecular flexibility index (Phi) is 4.55. The second kappa shape index (κ2) is 5.31. The molecule has 0 heterocycles. The fourth-order valence-electron chi connectivity index (χ4n) is 1.15. The van der Waals surface area contributed by atoms with Gasteiger partial charge in [-0.15, -0.1) is 0 Å². The third-order valence-electron chi connectivity index (χ3n) is 2.04. The predicted molar refractivity (Wildman–Crippen MR) is 60.7 cm³/mol. The van der Waals surface area contributed by atoms with E-state index < -0.39 is 34.4 Å². The third kappa shape index (κ3) is 2.48. The minimum absolute atomic E-state index is 0.267. The number of rotatable bonds is 2. The van der Waals surface area contributed by atoms with Crippen LogP contribution < -0.4 is 0 Å². The topological polar surface area (TPSA) is 0 Å². The van der Waals surface area contributed by atoms with Crippen molar-refractivity contribution in [3.8, 4) is 0 Å². The molecule has 0 atom stereocenters. The molecule has 16 heavy (non-hydrogen) atoms. The van der Waals surface area contributed by atoms with E-state index in [0.717, 1.165) is 6.92 Å². The van der Waals surface area contributed by atoms with Gasteiger partial charge in [0.05, 0.1) is 0 Å². The van der Waals surface area contributed by atoms with E-state index in [1.165, 1.54) is 4.99 Å². The van der Waals surface area contributed by atoms with Crippen molar-refractivity contribution in [2.45, 2.75) is 13.3 Å². The zero-order valence-corrected chi connectivity index (χ0v) is 11.2. The zero-order chi connectivity index (χ0) is 12.5. The lowest BCUT2D eigenvalue weighted by atomic mass is 10.1. The molecular weight excluding hydrogens is 356 g/mol. The van der Waals surface area contributed by atoms with Crippen LogP contribution in [0.5, 0.6) is 0 Å². The van der Waals surface area contributed by atoms with Gasteiger partial charge >= 0.3 is 0 Å². The van der Waals surface area contributed by atoms with Gasteiger partial charge in [0.15, 0.2) is 23.3 Å². The molecule has 0 bridgehead atoms. The highest BCUT2D eigenvalue weighted by Crippen LogP contribution is 2.27. The summed E-state index contributed by atoms with van der Waals surface area (Å²) in [5.74, 6) is -5.43. The van der Waals surface area contributed by atoms with Crippen LogP contribution in [0.1, 0.15) is 11.1 Å². The minimum Gasteiger partial charge on any atom is -0.203 e.